The number of nitrogens with zero attached hydrogens (tertiary/aromatic N) is 3. The Hall–Kier alpha value is -1.88. The van der Waals surface area contributed by atoms with Crippen molar-refractivity contribution < 1.29 is 5.11 Å². The first-order valence-corrected chi connectivity index (χ1v) is 5.11. The van der Waals surface area contributed by atoms with Gasteiger partial charge in [0.15, 0.2) is 0 Å². The first kappa shape index (κ1) is 10.6. The van der Waals surface area contributed by atoms with Crippen molar-refractivity contribution in [1.82, 2.24) is 14.5 Å². The zero-order chi connectivity index (χ0) is 11.5. The van der Waals surface area contributed by atoms with E-state index >= 15 is 0 Å². The van der Waals surface area contributed by atoms with E-state index in [0.717, 1.165) is 12.2 Å². The van der Waals surface area contributed by atoms with Crippen LogP contribution in [-0.4, -0.2) is 19.6 Å². The van der Waals surface area contributed by atoms with E-state index in [1.54, 1.807) is 31.0 Å². The van der Waals surface area contributed by atoms with E-state index in [1.165, 1.54) is 0 Å². The van der Waals surface area contributed by atoms with Gasteiger partial charge < -0.3 is 15.4 Å². The van der Waals surface area contributed by atoms with Gasteiger partial charge in [0, 0.05) is 30.2 Å². The average Bonchev–Trinajstić information content (AvgIpc) is 2.77. The molecule has 0 saturated carbocycles. The molecule has 0 saturated heterocycles. The minimum absolute atomic E-state index is 0.534. The molecule has 2 aromatic rings. The minimum Gasteiger partial charge on any atom is -0.398 e. The molecule has 0 radical (unpaired) electrons. The lowest BCUT2D eigenvalue weighted by Gasteiger charge is -2.14. The van der Waals surface area contributed by atoms with Crippen molar-refractivity contribution in [2.45, 2.75) is 19.6 Å². The van der Waals surface area contributed by atoms with Crippen LogP contribution in [0, 0.1) is 0 Å². The Bertz CT molecular complexity index is 480. The molecule has 5 nitrogen and oxygen atoms in total. The summed E-state index contributed by atoms with van der Waals surface area (Å²) in [5, 5.41) is 10.2. The first-order chi connectivity index (χ1) is 7.74. The van der Waals surface area contributed by atoms with Gasteiger partial charge in [0.05, 0.1) is 18.2 Å². The van der Waals surface area contributed by atoms with Crippen LogP contribution in [0.25, 0.3) is 0 Å². The highest BCUT2D eigenvalue weighted by atomic mass is 16.3. The SMILES string of the molecule is CCn1cncc1C(O)c1cnccc1N. The average molecular weight is 218 g/mol. The number of aliphatic hydroxyl groups excluding tert-OH is 1. The molecule has 0 aromatic carbocycles. The number of aromatic nitrogens is 3. The topological polar surface area (TPSA) is 77.0 Å². The summed E-state index contributed by atoms with van der Waals surface area (Å²) in [6.07, 6.45) is 5.72. The molecule has 0 spiro atoms. The number of aliphatic hydroxyl groups is 1. The molecule has 1 unspecified atom stereocenters. The van der Waals surface area contributed by atoms with Gasteiger partial charge in [-0.1, -0.05) is 0 Å². The molecule has 3 N–H and O–H groups in total. The maximum absolute atomic E-state index is 10.2. The van der Waals surface area contributed by atoms with Gasteiger partial charge in [0.25, 0.3) is 0 Å². The number of aryl methyl sites for hydroxylation is 1. The van der Waals surface area contributed by atoms with E-state index in [1.807, 2.05) is 11.5 Å². The van der Waals surface area contributed by atoms with E-state index in [0.29, 0.717) is 11.3 Å². The summed E-state index contributed by atoms with van der Waals surface area (Å²) in [4.78, 5) is 7.97. The molecule has 2 heterocycles. The van der Waals surface area contributed by atoms with Gasteiger partial charge in [0.2, 0.25) is 0 Å². The predicted octanol–water partition coefficient (Wildman–Crippen LogP) is 0.962. The van der Waals surface area contributed by atoms with Crippen LogP contribution in [0.3, 0.4) is 0 Å². The summed E-state index contributed by atoms with van der Waals surface area (Å²) in [6, 6.07) is 1.67. The number of nitrogen functional groups attached to an aromatic ring is 1. The second-order valence-electron chi connectivity index (χ2n) is 3.51. The van der Waals surface area contributed by atoms with Gasteiger partial charge in [-0.15, -0.1) is 0 Å². The Morgan fingerprint density at radius 3 is 2.94 bits per heavy atom. The Morgan fingerprint density at radius 1 is 1.44 bits per heavy atom. The summed E-state index contributed by atoms with van der Waals surface area (Å²) in [7, 11) is 0. The van der Waals surface area contributed by atoms with Crippen molar-refractivity contribution in [2.24, 2.45) is 0 Å². The second kappa shape index (κ2) is 4.32. The standard InChI is InChI=1S/C11H14N4O/c1-2-15-7-14-6-10(15)11(16)8-5-13-4-3-9(8)12/h3-7,11,16H,2H2,1H3,(H2,12,13). The predicted molar refractivity (Wildman–Crippen MR) is 60.6 cm³/mol. The van der Waals surface area contributed by atoms with Crippen LogP contribution in [0.4, 0.5) is 5.69 Å². The number of pyridine rings is 1. The number of hydrogen-bond acceptors (Lipinski definition) is 4. The third-order valence-electron chi connectivity index (χ3n) is 2.55. The van der Waals surface area contributed by atoms with Crippen molar-refractivity contribution in [3.05, 3.63) is 42.2 Å². The number of rotatable bonds is 3. The van der Waals surface area contributed by atoms with E-state index < -0.39 is 6.10 Å². The van der Waals surface area contributed by atoms with Crippen LogP contribution in [0.15, 0.2) is 31.0 Å². The van der Waals surface area contributed by atoms with Gasteiger partial charge in [-0.25, -0.2) is 4.98 Å². The molecule has 0 aliphatic carbocycles. The minimum atomic E-state index is -0.781. The van der Waals surface area contributed by atoms with Gasteiger partial charge in [0.1, 0.15) is 6.10 Å². The normalized spacial score (nSPS) is 12.6. The zero-order valence-electron chi connectivity index (χ0n) is 9.04. The molecule has 2 rings (SSSR count). The highest BCUT2D eigenvalue weighted by molar-refractivity contribution is 5.47. The summed E-state index contributed by atoms with van der Waals surface area (Å²) in [6.45, 7) is 2.75. The zero-order valence-corrected chi connectivity index (χ0v) is 9.04. The van der Waals surface area contributed by atoms with Crippen LogP contribution >= 0.6 is 0 Å². The molecule has 0 aliphatic heterocycles. The molecule has 0 fully saturated rings. The highest BCUT2D eigenvalue weighted by Gasteiger charge is 2.16. The van der Waals surface area contributed by atoms with Crippen LogP contribution in [0.2, 0.25) is 0 Å². The molecule has 0 aliphatic rings. The van der Waals surface area contributed by atoms with E-state index in [9.17, 15) is 5.11 Å². The van der Waals surface area contributed by atoms with Gasteiger partial charge in [-0.3, -0.25) is 4.98 Å². The maximum Gasteiger partial charge on any atom is 0.124 e. The van der Waals surface area contributed by atoms with Gasteiger partial charge in [-0.05, 0) is 13.0 Å². The first-order valence-electron chi connectivity index (χ1n) is 5.11. The third-order valence-corrected chi connectivity index (χ3v) is 2.55. The molecule has 5 heteroatoms. The van der Waals surface area contributed by atoms with Crippen molar-refractivity contribution >= 4 is 5.69 Å². The Balaban J connectivity index is 2.39. The van der Waals surface area contributed by atoms with Crippen molar-refractivity contribution in [3.8, 4) is 0 Å². The largest absolute Gasteiger partial charge is 0.398 e. The number of anilines is 1. The monoisotopic (exact) mass is 218 g/mol. The summed E-state index contributed by atoms with van der Waals surface area (Å²) in [5.41, 5.74) is 7.66. The fourth-order valence-corrected chi connectivity index (χ4v) is 1.63. The molecular weight excluding hydrogens is 204 g/mol. The third kappa shape index (κ3) is 1.77. The van der Waals surface area contributed by atoms with Crippen LogP contribution in [-0.2, 0) is 6.54 Å². The molecule has 1 atom stereocenters. The lowest BCUT2D eigenvalue weighted by atomic mass is 10.1. The molecule has 16 heavy (non-hydrogen) atoms. The number of imidazole rings is 1. The van der Waals surface area contributed by atoms with Crippen molar-refractivity contribution in [2.75, 3.05) is 5.73 Å². The van der Waals surface area contributed by atoms with Crippen LogP contribution in [0.5, 0.6) is 0 Å². The fourth-order valence-electron chi connectivity index (χ4n) is 1.63. The lowest BCUT2D eigenvalue weighted by molar-refractivity contribution is 0.210. The fraction of sp³-hybridized carbons (Fsp3) is 0.273. The van der Waals surface area contributed by atoms with E-state index in [-0.39, 0.29) is 0 Å². The maximum atomic E-state index is 10.2. The summed E-state index contributed by atoms with van der Waals surface area (Å²) < 4.78 is 1.87. The van der Waals surface area contributed by atoms with Gasteiger partial charge >= 0.3 is 0 Å². The van der Waals surface area contributed by atoms with Crippen molar-refractivity contribution in [1.29, 1.82) is 0 Å². The second-order valence-corrected chi connectivity index (χ2v) is 3.51. The summed E-state index contributed by atoms with van der Waals surface area (Å²) >= 11 is 0. The number of nitrogens with two attached hydrogens (primary N) is 1. The van der Waals surface area contributed by atoms with Crippen molar-refractivity contribution in [3.63, 3.8) is 0 Å². The smallest absolute Gasteiger partial charge is 0.124 e. The van der Waals surface area contributed by atoms with E-state index in [4.69, 9.17) is 5.73 Å². The number of hydrogen-bond donors (Lipinski definition) is 2. The molecule has 84 valence electrons. The Kier molecular flexibility index (Phi) is 2.87. The molecular formula is C11H14N4O. The summed E-state index contributed by atoms with van der Waals surface area (Å²) in [5.74, 6) is 0. The Morgan fingerprint density at radius 2 is 2.25 bits per heavy atom. The lowest BCUT2D eigenvalue weighted by Crippen LogP contribution is -2.09. The van der Waals surface area contributed by atoms with Crippen LogP contribution < -0.4 is 5.73 Å². The molecule has 2 aromatic heterocycles. The molecule has 0 amide bonds. The van der Waals surface area contributed by atoms with E-state index in [2.05, 4.69) is 9.97 Å². The quantitative estimate of drug-likeness (QED) is 0.804. The molecule has 0 bridgehead atoms. The Labute approximate surface area is 93.6 Å². The highest BCUT2D eigenvalue weighted by Crippen LogP contribution is 2.25. The van der Waals surface area contributed by atoms with Crippen LogP contribution in [0.1, 0.15) is 24.3 Å². The van der Waals surface area contributed by atoms with Gasteiger partial charge in [-0.2, -0.15) is 0 Å².